The smallest absolute Gasteiger partial charge is 0.330 e. The van der Waals surface area contributed by atoms with E-state index >= 15 is 0 Å². The van der Waals surface area contributed by atoms with E-state index in [2.05, 4.69) is 0 Å². The molecule has 0 radical (unpaired) electrons. The third-order valence-corrected chi connectivity index (χ3v) is 4.28. The van der Waals surface area contributed by atoms with Crippen LogP contribution in [-0.2, 0) is 9.53 Å². The average molecular weight is 392 g/mol. The van der Waals surface area contributed by atoms with Crippen LogP contribution >= 0.6 is 0 Å². The molecule has 0 heterocycles. The van der Waals surface area contributed by atoms with Crippen molar-refractivity contribution in [1.82, 2.24) is 0 Å². The van der Waals surface area contributed by atoms with Crippen LogP contribution in [0.2, 0.25) is 0 Å². The van der Waals surface area contributed by atoms with Crippen molar-refractivity contribution in [3.63, 3.8) is 0 Å². The zero-order chi connectivity index (χ0) is 22.0. The molecule has 0 unspecified atom stereocenters. The van der Waals surface area contributed by atoms with Gasteiger partial charge in [0.25, 0.3) is 0 Å². The van der Waals surface area contributed by atoms with Crippen molar-refractivity contribution in [2.45, 2.75) is 34.6 Å². The second-order valence-electron chi connectivity index (χ2n) is 6.68. The Morgan fingerprint density at radius 3 is 1.72 bits per heavy atom. The highest BCUT2D eigenvalue weighted by atomic mass is 16.5. The maximum absolute atomic E-state index is 11.1. The Morgan fingerprint density at radius 2 is 1.34 bits per heavy atom. The summed E-state index contributed by atoms with van der Waals surface area (Å²) >= 11 is 0. The standard InChI is InChI=1S/C13H17NO2.C11H12N2/c1-4-16-12(15)6-5-11-7-9(2)13(14)10(3)8-11;1-8-6-10(4-3-5-12)7-9(2)11(8)13/h5-8H,4,14H2,1-3H3;3-4,6-7H,13H2,1-2H3/b6-5+;4-3+. The lowest BCUT2D eigenvalue weighted by molar-refractivity contribution is -0.137. The van der Waals surface area contributed by atoms with E-state index in [1.165, 1.54) is 12.2 Å². The fourth-order valence-electron chi connectivity index (χ4n) is 2.70. The molecule has 0 amide bonds. The van der Waals surface area contributed by atoms with Crippen molar-refractivity contribution >= 4 is 29.5 Å². The first-order chi connectivity index (χ1) is 13.7. The predicted octanol–water partition coefficient (Wildman–Crippen LogP) is 4.88. The summed E-state index contributed by atoms with van der Waals surface area (Å²) in [6.45, 7) is 10.00. The number of benzene rings is 2. The molecule has 0 aliphatic carbocycles. The second kappa shape index (κ2) is 11.4. The number of esters is 1. The predicted molar refractivity (Wildman–Crippen MR) is 121 cm³/mol. The highest BCUT2D eigenvalue weighted by Gasteiger charge is 2.01. The molecular formula is C24H29N3O2. The van der Waals surface area contributed by atoms with Crippen LogP contribution in [0.4, 0.5) is 11.4 Å². The van der Waals surface area contributed by atoms with Gasteiger partial charge in [-0.05, 0) is 104 Å². The number of anilines is 2. The number of ether oxygens (including phenoxy) is 1. The van der Waals surface area contributed by atoms with Crippen LogP contribution in [-0.4, -0.2) is 12.6 Å². The highest BCUT2D eigenvalue weighted by Crippen LogP contribution is 2.20. The summed E-state index contributed by atoms with van der Waals surface area (Å²) in [6.07, 6.45) is 6.40. The fraction of sp³-hybridized carbons (Fsp3) is 0.250. The number of nitrogens with two attached hydrogens (primary N) is 2. The molecule has 2 aromatic rings. The van der Waals surface area contributed by atoms with E-state index in [1.807, 2.05) is 58.0 Å². The van der Waals surface area contributed by atoms with Gasteiger partial charge in [-0.15, -0.1) is 0 Å². The Morgan fingerprint density at radius 1 is 0.931 bits per heavy atom. The molecule has 0 fully saturated rings. The second-order valence-corrected chi connectivity index (χ2v) is 6.68. The number of nitrogens with zero attached hydrogens (tertiary/aromatic N) is 1. The number of carbonyl (C=O) groups excluding carboxylic acids is 1. The van der Waals surface area contributed by atoms with Gasteiger partial charge >= 0.3 is 5.97 Å². The van der Waals surface area contributed by atoms with E-state index in [0.29, 0.717) is 6.61 Å². The van der Waals surface area contributed by atoms with Gasteiger partial charge in [0.15, 0.2) is 0 Å². The molecule has 0 saturated heterocycles. The third-order valence-electron chi connectivity index (χ3n) is 4.28. The summed E-state index contributed by atoms with van der Waals surface area (Å²) < 4.78 is 4.80. The average Bonchev–Trinajstić information content (AvgIpc) is 2.67. The highest BCUT2D eigenvalue weighted by molar-refractivity contribution is 5.87. The number of nitriles is 1. The molecule has 29 heavy (non-hydrogen) atoms. The Balaban J connectivity index is 0.000000296. The molecule has 4 N–H and O–H groups in total. The first-order valence-corrected chi connectivity index (χ1v) is 9.34. The summed E-state index contributed by atoms with van der Waals surface area (Å²) in [5.41, 5.74) is 19.4. The normalized spacial score (nSPS) is 10.5. The van der Waals surface area contributed by atoms with Crippen molar-refractivity contribution in [1.29, 1.82) is 5.26 Å². The molecule has 2 aromatic carbocycles. The lowest BCUT2D eigenvalue weighted by Gasteiger charge is -2.05. The maximum atomic E-state index is 11.1. The van der Waals surface area contributed by atoms with E-state index in [9.17, 15) is 4.79 Å². The van der Waals surface area contributed by atoms with Gasteiger partial charge in [0.05, 0.1) is 12.7 Å². The van der Waals surface area contributed by atoms with Gasteiger partial charge in [-0.25, -0.2) is 4.79 Å². The first kappa shape index (κ1) is 23.5. The van der Waals surface area contributed by atoms with Crippen LogP contribution in [0.1, 0.15) is 40.3 Å². The van der Waals surface area contributed by atoms with Gasteiger partial charge < -0.3 is 16.2 Å². The minimum absolute atomic E-state index is 0.324. The van der Waals surface area contributed by atoms with E-state index in [1.54, 1.807) is 19.1 Å². The van der Waals surface area contributed by atoms with Gasteiger partial charge in [0, 0.05) is 23.5 Å². The van der Waals surface area contributed by atoms with Crippen LogP contribution in [0.15, 0.2) is 36.4 Å². The lowest BCUT2D eigenvalue weighted by Crippen LogP contribution is -1.99. The lowest BCUT2D eigenvalue weighted by atomic mass is 10.0. The minimum Gasteiger partial charge on any atom is -0.463 e. The van der Waals surface area contributed by atoms with Crippen molar-refractivity contribution in [3.05, 3.63) is 69.8 Å². The van der Waals surface area contributed by atoms with Crippen LogP contribution in [0, 0.1) is 39.0 Å². The minimum atomic E-state index is -0.324. The molecule has 0 spiro atoms. The summed E-state index contributed by atoms with van der Waals surface area (Å²) in [4.78, 5) is 11.1. The Labute approximate surface area is 173 Å². The van der Waals surface area contributed by atoms with Gasteiger partial charge in [0.2, 0.25) is 0 Å². The number of nitrogen functional groups attached to an aromatic ring is 2. The Kier molecular flexibility index (Phi) is 9.21. The molecule has 0 atom stereocenters. The van der Waals surface area contributed by atoms with E-state index in [-0.39, 0.29) is 5.97 Å². The van der Waals surface area contributed by atoms with Crippen LogP contribution in [0.25, 0.3) is 12.2 Å². The molecular weight excluding hydrogens is 362 g/mol. The summed E-state index contributed by atoms with van der Waals surface area (Å²) in [6, 6.07) is 9.78. The van der Waals surface area contributed by atoms with Crippen molar-refractivity contribution in [2.24, 2.45) is 0 Å². The van der Waals surface area contributed by atoms with Gasteiger partial charge in [0.1, 0.15) is 0 Å². The molecule has 0 aliphatic heterocycles. The quantitative estimate of drug-likeness (QED) is 0.334. The Bertz CT molecular complexity index is 921. The molecule has 0 bridgehead atoms. The van der Waals surface area contributed by atoms with Gasteiger partial charge in [-0.2, -0.15) is 5.26 Å². The topological polar surface area (TPSA) is 102 Å². The zero-order valence-electron chi connectivity index (χ0n) is 17.7. The zero-order valence-corrected chi connectivity index (χ0v) is 17.7. The molecule has 2 rings (SSSR count). The fourth-order valence-corrected chi connectivity index (χ4v) is 2.70. The van der Waals surface area contributed by atoms with Crippen molar-refractivity contribution in [2.75, 3.05) is 18.1 Å². The van der Waals surface area contributed by atoms with Crippen molar-refractivity contribution in [3.8, 4) is 6.07 Å². The molecule has 5 nitrogen and oxygen atoms in total. The number of allylic oxidation sites excluding steroid dienone is 1. The molecule has 5 heteroatoms. The summed E-state index contributed by atoms with van der Waals surface area (Å²) in [5.74, 6) is -0.324. The van der Waals surface area contributed by atoms with Crippen LogP contribution < -0.4 is 11.5 Å². The molecule has 0 aliphatic rings. The number of carbonyl (C=O) groups is 1. The number of rotatable bonds is 4. The number of aryl methyl sites for hydroxylation is 4. The van der Waals surface area contributed by atoms with E-state index in [4.69, 9.17) is 21.5 Å². The number of hydrogen-bond donors (Lipinski definition) is 2. The largest absolute Gasteiger partial charge is 0.463 e. The van der Waals surface area contributed by atoms with Gasteiger partial charge in [-0.1, -0.05) is 0 Å². The van der Waals surface area contributed by atoms with E-state index in [0.717, 1.165) is 44.8 Å². The molecule has 0 saturated carbocycles. The van der Waals surface area contributed by atoms with Crippen LogP contribution in [0.3, 0.4) is 0 Å². The van der Waals surface area contributed by atoms with Gasteiger partial charge in [-0.3, -0.25) is 0 Å². The van der Waals surface area contributed by atoms with E-state index < -0.39 is 0 Å². The summed E-state index contributed by atoms with van der Waals surface area (Å²) in [7, 11) is 0. The maximum Gasteiger partial charge on any atom is 0.330 e. The third kappa shape index (κ3) is 7.55. The first-order valence-electron chi connectivity index (χ1n) is 9.34. The SMILES string of the molecule is CCOC(=O)/C=C/c1cc(C)c(N)c(C)c1.Cc1cc(/C=C/C#N)cc(C)c1N. The summed E-state index contributed by atoms with van der Waals surface area (Å²) in [5, 5.41) is 8.36. The molecule has 152 valence electrons. The van der Waals surface area contributed by atoms with Crippen LogP contribution in [0.5, 0.6) is 0 Å². The monoisotopic (exact) mass is 391 g/mol. The number of hydrogen-bond acceptors (Lipinski definition) is 5. The Hall–Kier alpha value is -3.52. The van der Waals surface area contributed by atoms with Crippen molar-refractivity contribution < 1.29 is 9.53 Å². The molecule has 0 aromatic heterocycles.